The Hall–Kier alpha value is 1.59. The molecule has 0 saturated carbocycles. The van der Waals surface area contributed by atoms with E-state index < -0.39 is 6.73 Å². The molecule has 4 N–H and O–H groups in total. The van der Waals surface area contributed by atoms with Crippen LogP contribution in [0, 0.1) is 0 Å². The smallest absolute Gasteiger partial charge is 0.369 e. The first-order valence-corrected chi connectivity index (χ1v) is 5.10. The van der Waals surface area contributed by atoms with Crippen molar-refractivity contribution in [1.29, 1.82) is 0 Å². The zero-order chi connectivity index (χ0) is 3.58. The number of rotatable bonds is 0. The van der Waals surface area contributed by atoms with Gasteiger partial charge in [-0.2, -0.15) is 0 Å². The van der Waals surface area contributed by atoms with Crippen molar-refractivity contribution in [2.75, 3.05) is 0 Å². The second-order valence-electron chi connectivity index (χ2n) is 0.214. The average Bonchev–Trinajstić information content (AvgIpc) is 0.811. The average molecular weight is 229 g/mol. The largest absolute Gasteiger partial charge is 0.369 e. The van der Waals surface area contributed by atoms with E-state index in [-0.39, 0.29) is 23.7 Å². The zero-order valence-electron chi connectivity index (χ0n) is 2.63. The van der Waals surface area contributed by atoms with Crippen molar-refractivity contribution in [3.8, 4) is 0 Å². The Kier molecular flexibility index (Phi) is 25.5. The van der Waals surface area contributed by atoms with Gasteiger partial charge >= 0.3 is 24.3 Å². The van der Waals surface area contributed by atoms with Crippen LogP contribution >= 0.6 is 33.2 Å². The summed E-state index contributed by atoms with van der Waals surface area (Å²) in [6.07, 6.45) is 0. The molecule has 0 aromatic carbocycles. The first-order chi connectivity index (χ1) is 1.73. The minimum atomic E-state index is -1.46. The molecule has 1 nitrogen and oxygen atoms in total. The van der Waals surface area contributed by atoms with Crippen molar-refractivity contribution < 1.29 is 0 Å². The molecule has 0 spiro atoms. The van der Waals surface area contributed by atoms with Crippen LogP contribution in [0.2, 0.25) is 0 Å². The molecule has 0 heterocycles. The number of hydrogen-bond donors (Lipinski definition) is 1. The quantitative estimate of drug-likeness (QED) is 0.467. The van der Waals surface area contributed by atoms with Crippen molar-refractivity contribution in [2.45, 2.75) is 0 Å². The Balaban J connectivity index is -0.0000000450. The second kappa shape index (κ2) is 9.77. The summed E-state index contributed by atoms with van der Waals surface area (Å²) in [5.41, 5.74) is 0. The molecular weight excluding hydrogens is 221 g/mol. The van der Waals surface area contributed by atoms with Crippen LogP contribution in [0.3, 0.4) is 0 Å². The summed E-state index contributed by atoms with van der Waals surface area (Å²) in [6, 6.07) is 0. The Morgan fingerprint density at radius 2 is 1.00 bits per heavy atom. The Morgan fingerprint density at radius 3 is 1.00 bits per heavy atom. The fourth-order valence-corrected chi connectivity index (χ4v) is 0. The predicted molar refractivity (Wildman–Crippen MR) is 40.6 cm³/mol. The van der Waals surface area contributed by atoms with E-state index in [9.17, 15) is 0 Å². The van der Waals surface area contributed by atoms with Crippen LogP contribution in [-0.2, 0) is 0 Å². The summed E-state index contributed by atoms with van der Waals surface area (Å²) in [4.78, 5) is 0. The first kappa shape index (κ1) is 15.6. The number of quaternary nitrogens is 1. The standard InChI is InChI=1S/Cl3Si.GeH4.H3N/c1-4(2)3;;/h;1H4;1H3/q;-1;/p+1. The van der Waals surface area contributed by atoms with Gasteiger partial charge in [-0.1, -0.05) is 0 Å². The second-order valence-corrected chi connectivity index (χ2v) is 5.79. The molecule has 0 aliphatic rings. The third kappa shape index (κ3) is 46.6. The molecule has 0 amide bonds. The molecule has 0 aromatic heterocycles. The molecular formula is H8Cl3GeNSi. The van der Waals surface area contributed by atoms with Crippen LogP contribution in [0.5, 0.6) is 0 Å². The van der Waals surface area contributed by atoms with Crippen LogP contribution in [0.1, 0.15) is 0 Å². The van der Waals surface area contributed by atoms with Gasteiger partial charge in [0.25, 0.3) is 0 Å². The molecule has 0 bridgehead atoms. The van der Waals surface area contributed by atoms with Gasteiger partial charge in [-0.25, -0.2) is 0 Å². The Morgan fingerprint density at radius 1 is 1.00 bits per heavy atom. The maximum Gasteiger partial charge on any atom is -0.369 e. The topological polar surface area (TPSA) is 36.5 Å². The van der Waals surface area contributed by atoms with E-state index in [1.54, 1.807) is 0 Å². The molecule has 6 heavy (non-hydrogen) atoms. The van der Waals surface area contributed by atoms with Crippen LogP contribution in [0.4, 0.5) is 0 Å². The van der Waals surface area contributed by atoms with Gasteiger partial charge in [-0.3, -0.25) is 0 Å². The summed E-state index contributed by atoms with van der Waals surface area (Å²) in [7, 11) is 0. The van der Waals surface area contributed by atoms with E-state index in [1.165, 1.54) is 0 Å². The normalized spacial score (nSPS) is 6.00. The van der Waals surface area contributed by atoms with Gasteiger partial charge in [-0.05, 0) is 0 Å². The summed E-state index contributed by atoms with van der Waals surface area (Å²) in [5, 5.41) is 0. The van der Waals surface area contributed by atoms with Crippen molar-refractivity contribution in [1.82, 2.24) is 6.15 Å². The fraction of sp³-hybridized carbons (Fsp3) is 0. The van der Waals surface area contributed by atoms with E-state index in [0.717, 1.165) is 0 Å². The molecule has 0 aliphatic carbocycles. The number of hydrogen-bond acceptors (Lipinski definition) is 0. The molecule has 1 radical (unpaired) electrons. The Labute approximate surface area is 63.6 Å². The minimum Gasteiger partial charge on any atom is -0.369 e. The molecule has 42 valence electrons. The molecule has 0 unspecified atom stereocenters. The zero-order valence-corrected chi connectivity index (χ0v) is 5.90. The van der Waals surface area contributed by atoms with E-state index in [1.807, 2.05) is 0 Å². The predicted octanol–water partition coefficient (Wildman–Crippen LogP) is 0.612. The van der Waals surface area contributed by atoms with Crippen LogP contribution in [0.15, 0.2) is 0 Å². The van der Waals surface area contributed by atoms with E-state index in [2.05, 4.69) is 0 Å². The van der Waals surface area contributed by atoms with Gasteiger partial charge in [0, 0.05) is 0 Å². The van der Waals surface area contributed by atoms with Crippen LogP contribution < -0.4 is 6.15 Å². The molecule has 0 fully saturated rings. The molecule has 0 atom stereocenters. The van der Waals surface area contributed by atoms with E-state index in [4.69, 9.17) is 33.2 Å². The van der Waals surface area contributed by atoms with Gasteiger partial charge in [-0.15, -0.1) is 33.2 Å². The third-order valence-electron chi connectivity index (χ3n) is 0. The maximum absolute atomic E-state index is 4.91. The van der Waals surface area contributed by atoms with Crippen LogP contribution in [-0.4, -0.2) is 24.3 Å². The van der Waals surface area contributed by atoms with Gasteiger partial charge in [0.15, 0.2) is 0 Å². The van der Waals surface area contributed by atoms with Crippen LogP contribution in [0.25, 0.3) is 0 Å². The maximum atomic E-state index is 4.91. The summed E-state index contributed by atoms with van der Waals surface area (Å²) < 4.78 is 0. The summed E-state index contributed by atoms with van der Waals surface area (Å²) in [5.74, 6) is 0. The molecule has 0 aliphatic heterocycles. The molecule has 0 aromatic rings. The summed E-state index contributed by atoms with van der Waals surface area (Å²) >= 11 is 14.7. The van der Waals surface area contributed by atoms with Gasteiger partial charge in [0.05, 0.1) is 0 Å². The Bertz CT molecular complexity index is 15.5. The first-order valence-electron chi connectivity index (χ1n) is 0.567. The monoisotopic (exact) mass is 229 g/mol. The minimum absolute atomic E-state index is 0. The van der Waals surface area contributed by atoms with E-state index >= 15 is 0 Å². The van der Waals surface area contributed by atoms with Crippen molar-refractivity contribution in [3.05, 3.63) is 0 Å². The SMILES string of the molecule is Cl[Si](Cl)Cl.[GeH4-].[NH4+]. The van der Waals surface area contributed by atoms with Gasteiger partial charge < -0.3 is 6.15 Å². The van der Waals surface area contributed by atoms with Crippen molar-refractivity contribution >= 4 is 57.6 Å². The number of halogens is 3. The molecule has 6 heteroatoms. The molecule has 0 saturated heterocycles. The molecule has 0 rings (SSSR count). The van der Waals surface area contributed by atoms with Gasteiger partial charge in [0.2, 0.25) is 0 Å². The van der Waals surface area contributed by atoms with Crippen molar-refractivity contribution in [2.24, 2.45) is 0 Å². The third-order valence-corrected chi connectivity index (χ3v) is 0. The van der Waals surface area contributed by atoms with Crippen molar-refractivity contribution in [3.63, 3.8) is 0 Å². The van der Waals surface area contributed by atoms with E-state index in [0.29, 0.717) is 0 Å². The summed E-state index contributed by atoms with van der Waals surface area (Å²) in [6.45, 7) is -1.46. The fourth-order valence-electron chi connectivity index (χ4n) is 0. The van der Waals surface area contributed by atoms with Gasteiger partial charge in [0.1, 0.15) is 0 Å².